The van der Waals surface area contributed by atoms with Crippen molar-refractivity contribution >= 4 is 23.1 Å². The molecular weight excluding hydrogens is 352 g/mol. The highest BCUT2D eigenvalue weighted by Crippen LogP contribution is 2.35. The topological polar surface area (TPSA) is 67.3 Å². The van der Waals surface area contributed by atoms with Crippen LogP contribution in [0.25, 0.3) is 0 Å². The van der Waals surface area contributed by atoms with Gasteiger partial charge in [0.25, 0.3) is 0 Å². The number of morpholine rings is 1. The molecule has 26 heavy (non-hydrogen) atoms. The normalized spacial score (nSPS) is 23.8. The zero-order valence-corrected chi connectivity index (χ0v) is 15.8. The zero-order valence-electron chi connectivity index (χ0n) is 15.0. The molecule has 0 spiro atoms. The summed E-state index contributed by atoms with van der Waals surface area (Å²) in [5.41, 5.74) is 1.78. The van der Waals surface area contributed by atoms with Gasteiger partial charge in [-0.1, -0.05) is 0 Å². The minimum atomic E-state index is -0.235. The van der Waals surface area contributed by atoms with E-state index in [9.17, 15) is 4.79 Å². The number of hydrogen-bond acceptors (Lipinski definition) is 8. The smallest absolute Gasteiger partial charge is 0.337 e. The lowest BCUT2D eigenvalue weighted by Crippen LogP contribution is -2.40. The van der Waals surface area contributed by atoms with Gasteiger partial charge in [-0.25, -0.2) is 9.78 Å². The van der Waals surface area contributed by atoms with Crippen LogP contribution in [0, 0.1) is 5.92 Å². The fraction of sp³-hybridized carbons (Fsp3) is 0.611. The number of esters is 1. The van der Waals surface area contributed by atoms with Crippen molar-refractivity contribution in [1.29, 1.82) is 0 Å². The molecule has 0 aromatic carbocycles. The highest BCUT2D eigenvalue weighted by atomic mass is 32.1. The summed E-state index contributed by atoms with van der Waals surface area (Å²) in [6, 6.07) is 0. The molecule has 1 unspecified atom stereocenters. The second-order valence-corrected chi connectivity index (χ2v) is 7.61. The van der Waals surface area contributed by atoms with Crippen LogP contribution in [-0.2, 0) is 14.3 Å². The lowest BCUT2D eigenvalue weighted by Gasteiger charge is -2.29. The number of thiazole rings is 1. The molecule has 0 amide bonds. The summed E-state index contributed by atoms with van der Waals surface area (Å²) in [5, 5.41) is 2.88. The third kappa shape index (κ3) is 3.54. The maximum absolute atomic E-state index is 12.4. The molecular formula is C18H24N4O3S. The van der Waals surface area contributed by atoms with Gasteiger partial charge in [0.2, 0.25) is 0 Å². The molecule has 3 aliphatic rings. The Kier molecular flexibility index (Phi) is 5.33. The maximum atomic E-state index is 12.4. The van der Waals surface area contributed by atoms with Gasteiger partial charge < -0.3 is 14.4 Å². The molecule has 4 heterocycles. The molecule has 0 N–H and O–H groups in total. The first-order chi connectivity index (χ1) is 12.8. The van der Waals surface area contributed by atoms with Gasteiger partial charge in [-0.05, 0) is 19.3 Å². The number of hydrogen-bond donors (Lipinski definition) is 0. The number of nitrogens with zero attached hydrogens (tertiary/aromatic N) is 4. The summed E-state index contributed by atoms with van der Waals surface area (Å²) < 4.78 is 10.7. The average Bonchev–Trinajstić information content (AvgIpc) is 3.31. The molecule has 2 fully saturated rings. The van der Waals surface area contributed by atoms with E-state index in [1.54, 1.807) is 17.5 Å². The van der Waals surface area contributed by atoms with Gasteiger partial charge >= 0.3 is 5.97 Å². The molecule has 0 saturated carbocycles. The number of allylic oxidation sites excluding steroid dienone is 1. The number of ether oxygens (including phenoxy) is 2. The Morgan fingerprint density at radius 2 is 2.27 bits per heavy atom. The number of rotatable bonds is 5. The Hall–Kier alpha value is -1.77. The Labute approximate surface area is 157 Å². The highest BCUT2D eigenvalue weighted by Gasteiger charge is 2.38. The van der Waals surface area contributed by atoms with E-state index in [4.69, 9.17) is 9.47 Å². The molecule has 7 nitrogen and oxygen atoms in total. The van der Waals surface area contributed by atoms with Crippen molar-refractivity contribution in [2.24, 2.45) is 10.9 Å². The van der Waals surface area contributed by atoms with Crippen molar-refractivity contribution in [3.8, 4) is 0 Å². The third-order valence-corrected chi connectivity index (χ3v) is 5.77. The molecule has 4 rings (SSSR count). The van der Waals surface area contributed by atoms with Crippen LogP contribution in [0.3, 0.4) is 0 Å². The first-order valence-corrected chi connectivity index (χ1v) is 10.0. The van der Waals surface area contributed by atoms with Crippen LogP contribution in [0.15, 0.2) is 27.8 Å². The predicted molar refractivity (Wildman–Crippen MR) is 99.2 cm³/mol. The molecule has 140 valence electrons. The zero-order chi connectivity index (χ0) is 17.9. The fourth-order valence-corrected chi connectivity index (χ4v) is 4.49. The van der Waals surface area contributed by atoms with Crippen LogP contribution in [0.5, 0.6) is 0 Å². The van der Waals surface area contributed by atoms with Crippen LogP contribution in [-0.4, -0.2) is 79.1 Å². The van der Waals surface area contributed by atoms with Gasteiger partial charge in [-0.3, -0.25) is 9.89 Å². The van der Waals surface area contributed by atoms with E-state index in [2.05, 4.69) is 19.8 Å². The quantitative estimate of drug-likeness (QED) is 0.723. The molecule has 0 bridgehead atoms. The van der Waals surface area contributed by atoms with Gasteiger partial charge in [0.15, 0.2) is 10.8 Å². The average molecular weight is 376 g/mol. The van der Waals surface area contributed by atoms with E-state index in [0.29, 0.717) is 24.6 Å². The van der Waals surface area contributed by atoms with Crippen molar-refractivity contribution in [2.45, 2.75) is 13.3 Å². The summed E-state index contributed by atoms with van der Waals surface area (Å²) in [6.45, 7) is 8.06. The summed E-state index contributed by atoms with van der Waals surface area (Å²) in [4.78, 5) is 26.2. The lowest BCUT2D eigenvalue weighted by molar-refractivity contribution is -0.138. The largest absolute Gasteiger partial charge is 0.463 e. The lowest BCUT2D eigenvalue weighted by atomic mass is 10.0. The van der Waals surface area contributed by atoms with Crippen molar-refractivity contribution in [3.05, 3.63) is 27.9 Å². The van der Waals surface area contributed by atoms with Gasteiger partial charge in [0.1, 0.15) is 0 Å². The number of carbonyl (C=O) groups is 1. The monoisotopic (exact) mass is 376 g/mol. The van der Waals surface area contributed by atoms with Gasteiger partial charge in [-0.15, -0.1) is 11.3 Å². The van der Waals surface area contributed by atoms with Crippen molar-refractivity contribution < 1.29 is 14.3 Å². The summed E-state index contributed by atoms with van der Waals surface area (Å²) in [6.07, 6.45) is 2.68. The van der Waals surface area contributed by atoms with Crippen LogP contribution in [0.4, 0.5) is 0 Å². The van der Waals surface area contributed by atoms with Crippen molar-refractivity contribution in [3.63, 3.8) is 0 Å². The van der Waals surface area contributed by atoms with Crippen molar-refractivity contribution in [1.82, 2.24) is 14.8 Å². The molecule has 8 heteroatoms. The summed E-state index contributed by atoms with van der Waals surface area (Å²) in [5.74, 6) is 1.13. The molecule has 2 saturated heterocycles. The minimum absolute atomic E-state index is 0.235. The van der Waals surface area contributed by atoms with Crippen LogP contribution in [0.1, 0.15) is 18.4 Å². The maximum Gasteiger partial charge on any atom is 0.337 e. The number of fused-ring (bicyclic) bond motifs is 1. The van der Waals surface area contributed by atoms with Gasteiger partial charge in [-0.2, -0.15) is 0 Å². The summed E-state index contributed by atoms with van der Waals surface area (Å²) in [7, 11) is 0. The van der Waals surface area contributed by atoms with E-state index in [-0.39, 0.29) is 5.97 Å². The third-order valence-electron chi connectivity index (χ3n) is 5.01. The van der Waals surface area contributed by atoms with Crippen LogP contribution in [0.2, 0.25) is 0 Å². The molecule has 0 aliphatic carbocycles. The van der Waals surface area contributed by atoms with Crippen LogP contribution >= 0.6 is 11.3 Å². The Bertz CT molecular complexity index is 710. The molecule has 3 aliphatic heterocycles. The predicted octanol–water partition coefficient (Wildman–Crippen LogP) is 1.37. The molecule has 1 aromatic rings. The number of amidine groups is 1. The second-order valence-electron chi connectivity index (χ2n) is 6.72. The Balaban J connectivity index is 1.56. The van der Waals surface area contributed by atoms with E-state index in [1.807, 2.05) is 12.3 Å². The standard InChI is InChI=1S/C18H24N4O3S/c1-2-25-18(23)14-10-20-16(17-19-3-8-26-17)22-12-13(9-15(14)22)11-21-4-6-24-7-5-21/h3,8,13H,2,4-7,9-12H2,1H3. The summed E-state index contributed by atoms with van der Waals surface area (Å²) >= 11 is 1.59. The number of carbonyl (C=O) groups excluding carboxylic acids is 1. The SMILES string of the molecule is CCOC(=O)C1=C2CC(CN3CCOCC3)CN2C(c2nccs2)=NC1. The number of aliphatic imine (C=N–C) groups is 1. The molecule has 1 atom stereocenters. The fourth-order valence-electron chi connectivity index (χ4n) is 3.84. The number of aromatic nitrogens is 1. The van der Waals surface area contributed by atoms with Gasteiger partial charge in [0.05, 0.1) is 31.9 Å². The van der Waals surface area contributed by atoms with E-state index in [0.717, 1.165) is 62.4 Å². The second kappa shape index (κ2) is 7.85. The van der Waals surface area contributed by atoms with Crippen LogP contribution < -0.4 is 0 Å². The highest BCUT2D eigenvalue weighted by molar-refractivity contribution is 7.11. The molecule has 1 aromatic heterocycles. The van der Waals surface area contributed by atoms with Crippen molar-refractivity contribution in [2.75, 3.05) is 52.5 Å². The first kappa shape index (κ1) is 17.6. The van der Waals surface area contributed by atoms with E-state index >= 15 is 0 Å². The molecule has 0 radical (unpaired) electrons. The first-order valence-electron chi connectivity index (χ1n) is 9.17. The van der Waals surface area contributed by atoms with Gasteiger partial charge in [0, 0.05) is 43.5 Å². The van der Waals surface area contributed by atoms with E-state index < -0.39 is 0 Å². The Morgan fingerprint density at radius 3 is 3.00 bits per heavy atom. The Morgan fingerprint density at radius 1 is 1.42 bits per heavy atom. The van der Waals surface area contributed by atoms with E-state index in [1.165, 1.54) is 0 Å². The minimum Gasteiger partial charge on any atom is -0.463 e.